The topological polar surface area (TPSA) is 65.1 Å². The summed E-state index contributed by atoms with van der Waals surface area (Å²) in [5.74, 6) is -0.443. The predicted octanol–water partition coefficient (Wildman–Crippen LogP) is 1.37. The highest BCUT2D eigenvalue weighted by atomic mass is 16.5. The number of esters is 1. The summed E-state index contributed by atoms with van der Waals surface area (Å²) in [7, 11) is 1.34. The Kier molecular flexibility index (Phi) is 7.11. The molecule has 1 rings (SSSR count). The molecule has 0 aliphatic carbocycles. The molecule has 0 N–H and O–H groups in total. The number of carbonyl (C=O) groups is 2. The van der Waals surface area contributed by atoms with Crippen LogP contribution in [0.4, 0.5) is 0 Å². The fourth-order valence-electron chi connectivity index (χ4n) is 2.05. The molecule has 0 radical (unpaired) electrons. The lowest BCUT2D eigenvalue weighted by Crippen LogP contribution is -2.42. The highest BCUT2D eigenvalue weighted by Crippen LogP contribution is 2.14. The van der Waals surface area contributed by atoms with Crippen molar-refractivity contribution in [3.63, 3.8) is 0 Å². The van der Waals surface area contributed by atoms with Crippen molar-refractivity contribution in [3.05, 3.63) is 0 Å². The number of nitrogens with zero attached hydrogens (tertiary/aromatic N) is 1. The van der Waals surface area contributed by atoms with Crippen molar-refractivity contribution >= 4 is 11.9 Å². The molecule has 1 saturated heterocycles. The van der Waals surface area contributed by atoms with E-state index in [9.17, 15) is 9.59 Å². The molecule has 1 aliphatic rings. The van der Waals surface area contributed by atoms with Crippen molar-refractivity contribution in [2.24, 2.45) is 0 Å². The van der Waals surface area contributed by atoms with Crippen LogP contribution in [0, 0.1) is 0 Å². The van der Waals surface area contributed by atoms with Gasteiger partial charge in [0.15, 0.2) is 0 Å². The molecule has 0 bridgehead atoms. The lowest BCUT2D eigenvalue weighted by molar-refractivity contribution is -0.145. The zero-order valence-corrected chi connectivity index (χ0v) is 13.5. The van der Waals surface area contributed by atoms with Crippen molar-refractivity contribution in [1.29, 1.82) is 0 Å². The molecule has 122 valence electrons. The van der Waals surface area contributed by atoms with Gasteiger partial charge in [0, 0.05) is 19.7 Å². The van der Waals surface area contributed by atoms with E-state index >= 15 is 0 Å². The smallest absolute Gasteiger partial charge is 0.307 e. The average molecular weight is 301 g/mol. The molecule has 1 heterocycles. The first-order valence-corrected chi connectivity index (χ1v) is 7.42. The first-order valence-electron chi connectivity index (χ1n) is 7.42. The molecule has 1 unspecified atom stereocenters. The number of amides is 1. The van der Waals surface area contributed by atoms with E-state index in [0.29, 0.717) is 13.1 Å². The fourth-order valence-corrected chi connectivity index (χ4v) is 2.05. The van der Waals surface area contributed by atoms with Gasteiger partial charge in [0.25, 0.3) is 0 Å². The predicted molar refractivity (Wildman–Crippen MR) is 77.9 cm³/mol. The molecule has 1 atom stereocenters. The first-order chi connectivity index (χ1) is 9.81. The maximum absolute atomic E-state index is 12.3. The minimum atomic E-state index is -0.368. The maximum atomic E-state index is 12.3. The number of rotatable bonds is 7. The Balaban J connectivity index is 2.52. The van der Waals surface area contributed by atoms with E-state index < -0.39 is 0 Å². The normalized spacial score (nSPS) is 18.6. The molecule has 0 aromatic rings. The average Bonchev–Trinajstić information content (AvgIpc) is 2.92. The Labute approximate surface area is 126 Å². The molecule has 0 spiro atoms. The van der Waals surface area contributed by atoms with Crippen molar-refractivity contribution < 1.29 is 23.8 Å². The van der Waals surface area contributed by atoms with Gasteiger partial charge >= 0.3 is 5.97 Å². The zero-order valence-electron chi connectivity index (χ0n) is 13.5. The van der Waals surface area contributed by atoms with Crippen LogP contribution in [0.25, 0.3) is 0 Å². The minimum Gasteiger partial charge on any atom is -0.469 e. The van der Waals surface area contributed by atoms with Crippen LogP contribution in [0.3, 0.4) is 0 Å². The molecular weight excluding hydrogens is 274 g/mol. The van der Waals surface area contributed by atoms with E-state index in [2.05, 4.69) is 4.74 Å². The van der Waals surface area contributed by atoms with Crippen molar-refractivity contribution in [2.75, 3.05) is 33.4 Å². The molecule has 1 aliphatic heterocycles. The van der Waals surface area contributed by atoms with E-state index in [1.165, 1.54) is 7.11 Å². The fraction of sp³-hybridized carbons (Fsp3) is 0.867. The Hall–Kier alpha value is -1.14. The number of carbonyl (C=O) groups excluding carboxylic acids is 2. The third-order valence-corrected chi connectivity index (χ3v) is 3.24. The van der Waals surface area contributed by atoms with Crippen LogP contribution in [0.1, 0.15) is 40.0 Å². The van der Waals surface area contributed by atoms with Crippen LogP contribution in [0.15, 0.2) is 0 Å². The lowest BCUT2D eigenvalue weighted by Gasteiger charge is -2.27. The second-order valence-corrected chi connectivity index (χ2v) is 6.20. The van der Waals surface area contributed by atoms with E-state index in [1.54, 1.807) is 4.90 Å². The molecular formula is C15H27NO5. The largest absolute Gasteiger partial charge is 0.469 e. The van der Waals surface area contributed by atoms with Crippen molar-refractivity contribution in [3.8, 4) is 0 Å². The second-order valence-electron chi connectivity index (χ2n) is 6.20. The van der Waals surface area contributed by atoms with Crippen molar-refractivity contribution in [1.82, 2.24) is 4.90 Å². The summed E-state index contributed by atoms with van der Waals surface area (Å²) in [4.78, 5) is 25.2. The monoisotopic (exact) mass is 301 g/mol. The van der Waals surface area contributed by atoms with Gasteiger partial charge in [0.1, 0.15) is 6.61 Å². The number of hydrogen-bond acceptors (Lipinski definition) is 5. The van der Waals surface area contributed by atoms with Crippen LogP contribution in [0.2, 0.25) is 0 Å². The second kappa shape index (κ2) is 8.34. The Morgan fingerprint density at radius 3 is 2.57 bits per heavy atom. The minimum absolute atomic E-state index is 0.0113. The summed E-state index contributed by atoms with van der Waals surface area (Å²) in [6.45, 7) is 7.29. The first kappa shape index (κ1) is 17.9. The van der Waals surface area contributed by atoms with Crippen LogP contribution < -0.4 is 0 Å². The van der Waals surface area contributed by atoms with Crippen LogP contribution in [0.5, 0.6) is 0 Å². The summed E-state index contributed by atoms with van der Waals surface area (Å²) < 4.78 is 15.7. The standard InChI is InChI=1S/C15H27NO5/c1-15(2,3)21-11-13(17)16(8-7-14(18)19-4)10-12-6-5-9-20-12/h12H,5-11H2,1-4H3. The quantitative estimate of drug-likeness (QED) is 0.665. The van der Waals surface area contributed by atoms with E-state index in [4.69, 9.17) is 9.47 Å². The summed E-state index contributed by atoms with van der Waals surface area (Å²) in [5, 5.41) is 0. The van der Waals surface area contributed by atoms with E-state index in [0.717, 1.165) is 19.4 Å². The van der Waals surface area contributed by atoms with Crippen LogP contribution in [-0.4, -0.2) is 61.9 Å². The van der Waals surface area contributed by atoms with Gasteiger partial charge in [0.05, 0.1) is 25.2 Å². The number of methoxy groups -OCH3 is 1. The third kappa shape index (κ3) is 7.43. The van der Waals surface area contributed by atoms with Gasteiger partial charge in [-0.2, -0.15) is 0 Å². The van der Waals surface area contributed by atoms with E-state index in [1.807, 2.05) is 20.8 Å². The summed E-state index contributed by atoms with van der Waals surface area (Å²) in [6.07, 6.45) is 2.20. The summed E-state index contributed by atoms with van der Waals surface area (Å²) in [5.41, 5.74) is -0.368. The summed E-state index contributed by atoms with van der Waals surface area (Å²) in [6, 6.07) is 0. The van der Waals surface area contributed by atoms with Gasteiger partial charge in [-0.25, -0.2) is 0 Å². The van der Waals surface area contributed by atoms with Gasteiger partial charge < -0.3 is 19.1 Å². The Bertz CT molecular complexity index is 344. The maximum Gasteiger partial charge on any atom is 0.307 e. The lowest BCUT2D eigenvalue weighted by atomic mass is 10.2. The number of hydrogen-bond donors (Lipinski definition) is 0. The molecule has 6 heteroatoms. The van der Waals surface area contributed by atoms with Crippen LogP contribution >= 0.6 is 0 Å². The SMILES string of the molecule is COC(=O)CCN(CC1CCCO1)C(=O)COC(C)(C)C. The van der Waals surface area contributed by atoms with Gasteiger partial charge in [-0.3, -0.25) is 9.59 Å². The molecule has 0 aromatic heterocycles. The highest BCUT2D eigenvalue weighted by molar-refractivity contribution is 5.78. The molecule has 1 amide bonds. The molecule has 6 nitrogen and oxygen atoms in total. The molecule has 21 heavy (non-hydrogen) atoms. The Morgan fingerprint density at radius 1 is 1.33 bits per heavy atom. The molecule has 1 fully saturated rings. The van der Waals surface area contributed by atoms with Crippen LogP contribution in [-0.2, 0) is 23.8 Å². The number of ether oxygens (including phenoxy) is 3. The molecule has 0 aromatic carbocycles. The Morgan fingerprint density at radius 2 is 2.05 bits per heavy atom. The van der Waals surface area contributed by atoms with Gasteiger partial charge in [-0.1, -0.05) is 0 Å². The van der Waals surface area contributed by atoms with Crippen molar-refractivity contribution in [2.45, 2.75) is 51.7 Å². The van der Waals surface area contributed by atoms with E-state index in [-0.39, 0.29) is 36.6 Å². The van der Waals surface area contributed by atoms with Gasteiger partial charge in [-0.15, -0.1) is 0 Å². The molecule has 0 saturated carbocycles. The summed E-state index contributed by atoms with van der Waals surface area (Å²) >= 11 is 0. The zero-order chi connectivity index (χ0) is 15.9. The third-order valence-electron chi connectivity index (χ3n) is 3.24. The highest BCUT2D eigenvalue weighted by Gasteiger charge is 2.24. The van der Waals surface area contributed by atoms with Gasteiger partial charge in [0.2, 0.25) is 5.91 Å². The van der Waals surface area contributed by atoms with Gasteiger partial charge in [-0.05, 0) is 33.6 Å².